The Morgan fingerprint density at radius 3 is 2.50 bits per heavy atom. The van der Waals surface area contributed by atoms with E-state index in [0.29, 0.717) is 29.9 Å². The molecular weight excluding hydrogens is 381 g/mol. The van der Waals surface area contributed by atoms with Crippen LogP contribution in [0, 0.1) is 11.7 Å². The molecule has 0 saturated carbocycles. The number of rotatable bonds is 10. The van der Waals surface area contributed by atoms with Crippen LogP contribution >= 0.6 is 11.8 Å². The van der Waals surface area contributed by atoms with Crippen molar-refractivity contribution in [2.75, 3.05) is 5.75 Å². The highest BCUT2D eigenvalue weighted by atomic mass is 32.2. The summed E-state index contributed by atoms with van der Waals surface area (Å²) < 4.78 is 15.0. The van der Waals surface area contributed by atoms with Gasteiger partial charge in [0.05, 0.1) is 11.8 Å². The molecule has 2 aromatic rings. The molecule has 2 rings (SSSR count). The standard InChI is InChI=1S/C19H26FN5O2S/c1-12(2)10-25-17(9-8-16(21)26)23-24-19(25)28-11-18(27)22-13(3)14-4-6-15(20)7-5-14/h4-7,12-13H,8-11H2,1-3H3,(H2,21,26)(H,22,27). The molecule has 9 heteroatoms. The molecular formula is C19H26FN5O2S. The maximum atomic E-state index is 13.0. The van der Waals surface area contributed by atoms with Crippen molar-refractivity contribution >= 4 is 23.6 Å². The minimum absolute atomic E-state index is 0.153. The van der Waals surface area contributed by atoms with Crippen LogP contribution < -0.4 is 11.1 Å². The molecule has 1 atom stereocenters. The highest BCUT2D eigenvalue weighted by Gasteiger charge is 2.17. The van der Waals surface area contributed by atoms with E-state index >= 15 is 0 Å². The summed E-state index contributed by atoms with van der Waals surface area (Å²) in [5.41, 5.74) is 6.05. The third-order valence-corrected chi connectivity index (χ3v) is 4.98. The first-order valence-electron chi connectivity index (χ1n) is 9.14. The summed E-state index contributed by atoms with van der Waals surface area (Å²) in [7, 11) is 0. The molecule has 3 N–H and O–H groups in total. The zero-order chi connectivity index (χ0) is 20.7. The molecule has 2 amide bonds. The number of nitrogens with zero attached hydrogens (tertiary/aromatic N) is 3. The topological polar surface area (TPSA) is 103 Å². The zero-order valence-corrected chi connectivity index (χ0v) is 17.1. The molecule has 0 radical (unpaired) electrons. The number of halogens is 1. The van der Waals surface area contributed by atoms with Crippen LogP contribution in [0.25, 0.3) is 0 Å². The van der Waals surface area contributed by atoms with Gasteiger partial charge in [0.15, 0.2) is 5.16 Å². The first-order chi connectivity index (χ1) is 13.3. The van der Waals surface area contributed by atoms with E-state index in [1.54, 1.807) is 12.1 Å². The van der Waals surface area contributed by atoms with E-state index in [1.165, 1.54) is 23.9 Å². The van der Waals surface area contributed by atoms with Gasteiger partial charge in [-0.2, -0.15) is 0 Å². The number of nitrogens with two attached hydrogens (primary N) is 1. The molecule has 0 saturated heterocycles. The van der Waals surface area contributed by atoms with E-state index in [-0.39, 0.29) is 35.8 Å². The van der Waals surface area contributed by atoms with Crippen molar-refractivity contribution in [2.45, 2.75) is 51.4 Å². The predicted octanol–water partition coefficient (Wildman–Crippen LogP) is 2.46. The summed E-state index contributed by atoms with van der Waals surface area (Å²) >= 11 is 1.29. The number of carbonyl (C=O) groups excluding carboxylic acids is 2. The van der Waals surface area contributed by atoms with E-state index in [4.69, 9.17) is 5.73 Å². The molecule has 152 valence electrons. The number of hydrogen-bond acceptors (Lipinski definition) is 5. The van der Waals surface area contributed by atoms with Crippen LogP contribution in [0.5, 0.6) is 0 Å². The lowest BCUT2D eigenvalue weighted by atomic mass is 10.1. The summed E-state index contributed by atoms with van der Waals surface area (Å²) in [5.74, 6) is 0.374. The maximum absolute atomic E-state index is 13.0. The Labute approximate surface area is 168 Å². The van der Waals surface area contributed by atoms with E-state index in [9.17, 15) is 14.0 Å². The molecule has 1 aromatic heterocycles. The van der Waals surface area contributed by atoms with Gasteiger partial charge in [0.25, 0.3) is 0 Å². The molecule has 1 heterocycles. The smallest absolute Gasteiger partial charge is 0.230 e. The van der Waals surface area contributed by atoms with Gasteiger partial charge >= 0.3 is 0 Å². The zero-order valence-electron chi connectivity index (χ0n) is 16.3. The fourth-order valence-corrected chi connectivity index (χ4v) is 3.42. The van der Waals surface area contributed by atoms with Crippen molar-refractivity contribution in [3.63, 3.8) is 0 Å². The van der Waals surface area contributed by atoms with Crippen molar-refractivity contribution in [3.05, 3.63) is 41.5 Å². The SMILES string of the molecule is CC(C)Cn1c(CCC(N)=O)nnc1SCC(=O)NC(C)c1ccc(F)cc1. The molecule has 28 heavy (non-hydrogen) atoms. The first-order valence-corrected chi connectivity index (χ1v) is 10.1. The van der Waals surface area contributed by atoms with Gasteiger partial charge in [-0.15, -0.1) is 10.2 Å². The molecule has 0 aliphatic carbocycles. The second-order valence-corrected chi connectivity index (χ2v) is 7.94. The van der Waals surface area contributed by atoms with Gasteiger partial charge in [0.2, 0.25) is 11.8 Å². The van der Waals surface area contributed by atoms with Crippen molar-refractivity contribution in [1.82, 2.24) is 20.1 Å². The second-order valence-electron chi connectivity index (χ2n) is 7.00. The number of thioether (sulfide) groups is 1. The fraction of sp³-hybridized carbons (Fsp3) is 0.474. The number of nitrogens with one attached hydrogen (secondary N) is 1. The average molecular weight is 408 g/mol. The second kappa shape index (κ2) is 10.2. The Hall–Kier alpha value is -2.42. The third-order valence-electron chi connectivity index (χ3n) is 4.02. The minimum atomic E-state index is -0.387. The van der Waals surface area contributed by atoms with Crippen LogP contribution in [0.1, 0.15) is 44.6 Å². The Balaban J connectivity index is 1.97. The van der Waals surface area contributed by atoms with Gasteiger partial charge in [0.1, 0.15) is 11.6 Å². The summed E-state index contributed by atoms with van der Waals surface area (Å²) in [6.45, 7) is 6.68. The molecule has 0 aliphatic rings. The minimum Gasteiger partial charge on any atom is -0.370 e. The Morgan fingerprint density at radius 1 is 1.21 bits per heavy atom. The summed E-state index contributed by atoms with van der Waals surface area (Å²) in [6, 6.07) is 5.81. The maximum Gasteiger partial charge on any atom is 0.230 e. The number of benzene rings is 1. The normalized spacial score (nSPS) is 12.2. The molecule has 0 bridgehead atoms. The predicted molar refractivity (Wildman–Crippen MR) is 106 cm³/mol. The quantitative estimate of drug-likeness (QED) is 0.589. The molecule has 1 unspecified atom stereocenters. The molecule has 0 fully saturated rings. The van der Waals surface area contributed by atoms with Gasteiger partial charge in [-0.1, -0.05) is 37.7 Å². The van der Waals surface area contributed by atoms with E-state index in [2.05, 4.69) is 29.4 Å². The average Bonchev–Trinajstić information content (AvgIpc) is 2.99. The molecule has 1 aromatic carbocycles. The first kappa shape index (κ1) is 21.9. The Morgan fingerprint density at radius 2 is 1.89 bits per heavy atom. The van der Waals surface area contributed by atoms with Gasteiger partial charge in [0, 0.05) is 19.4 Å². The van der Waals surface area contributed by atoms with Crippen LogP contribution in [0.4, 0.5) is 4.39 Å². The lowest BCUT2D eigenvalue weighted by Gasteiger charge is -2.15. The van der Waals surface area contributed by atoms with E-state index < -0.39 is 0 Å². The van der Waals surface area contributed by atoms with Crippen molar-refractivity contribution in [2.24, 2.45) is 11.7 Å². The number of primary amides is 1. The monoisotopic (exact) mass is 407 g/mol. The van der Waals surface area contributed by atoms with Crippen LogP contribution in [0.15, 0.2) is 29.4 Å². The lowest BCUT2D eigenvalue weighted by molar-refractivity contribution is -0.119. The van der Waals surface area contributed by atoms with Gasteiger partial charge < -0.3 is 15.6 Å². The molecule has 0 spiro atoms. The molecule has 0 aliphatic heterocycles. The van der Waals surface area contributed by atoms with Gasteiger partial charge in [-0.05, 0) is 30.5 Å². The highest BCUT2D eigenvalue weighted by molar-refractivity contribution is 7.99. The van der Waals surface area contributed by atoms with Gasteiger partial charge in [-0.25, -0.2) is 4.39 Å². The Kier molecular flexibility index (Phi) is 7.98. The fourth-order valence-electron chi connectivity index (χ4n) is 2.64. The Bertz CT molecular complexity index is 807. The van der Waals surface area contributed by atoms with Crippen LogP contribution in [0.2, 0.25) is 0 Å². The van der Waals surface area contributed by atoms with Crippen LogP contribution in [0.3, 0.4) is 0 Å². The third kappa shape index (κ3) is 6.63. The highest BCUT2D eigenvalue weighted by Crippen LogP contribution is 2.20. The van der Waals surface area contributed by atoms with Crippen molar-refractivity contribution < 1.29 is 14.0 Å². The van der Waals surface area contributed by atoms with E-state index in [1.807, 2.05) is 11.5 Å². The summed E-state index contributed by atoms with van der Waals surface area (Å²) in [4.78, 5) is 23.3. The van der Waals surface area contributed by atoms with Crippen molar-refractivity contribution in [3.8, 4) is 0 Å². The number of carbonyl (C=O) groups is 2. The lowest BCUT2D eigenvalue weighted by Crippen LogP contribution is -2.28. The van der Waals surface area contributed by atoms with Gasteiger partial charge in [-0.3, -0.25) is 9.59 Å². The number of amides is 2. The number of aromatic nitrogens is 3. The van der Waals surface area contributed by atoms with Crippen LogP contribution in [-0.4, -0.2) is 32.3 Å². The van der Waals surface area contributed by atoms with E-state index in [0.717, 1.165) is 5.56 Å². The molecule has 7 nitrogen and oxygen atoms in total. The van der Waals surface area contributed by atoms with Crippen molar-refractivity contribution in [1.29, 1.82) is 0 Å². The largest absolute Gasteiger partial charge is 0.370 e. The number of aryl methyl sites for hydroxylation is 1. The summed E-state index contributed by atoms with van der Waals surface area (Å²) in [6.07, 6.45) is 0.625. The number of hydrogen-bond donors (Lipinski definition) is 2. The summed E-state index contributed by atoms with van der Waals surface area (Å²) in [5, 5.41) is 11.9. The van der Waals surface area contributed by atoms with Crippen LogP contribution in [-0.2, 0) is 22.6 Å².